The Bertz CT molecular complexity index is 615. The molecule has 0 aromatic heterocycles. The number of rotatable bonds is 1. The zero-order valence-corrected chi connectivity index (χ0v) is 11.1. The summed E-state index contributed by atoms with van der Waals surface area (Å²) in [6.07, 6.45) is 2.81. The van der Waals surface area contributed by atoms with Crippen LogP contribution in [-0.2, 0) is 15.1 Å². The number of anilines is 1. The molecule has 2 amide bonds. The predicted molar refractivity (Wildman–Crippen MR) is 73.8 cm³/mol. The number of nitrogens with two attached hydrogens (primary N) is 1. The second kappa shape index (κ2) is 3.82. The minimum Gasteiger partial charge on any atom is -0.369 e. The molecule has 3 atom stereocenters. The number of amides is 2. The summed E-state index contributed by atoms with van der Waals surface area (Å²) < 4.78 is 0. The predicted octanol–water partition coefficient (Wildman–Crippen LogP) is 0.804. The topological polar surface area (TPSA) is 75.4 Å². The number of hydrogen-bond donors (Lipinski definition) is 2. The number of nitrogens with zero attached hydrogens (tertiary/aromatic N) is 1. The maximum absolute atomic E-state index is 12.8. The van der Waals surface area contributed by atoms with Crippen LogP contribution >= 0.6 is 0 Å². The molecule has 3 heterocycles. The molecular formula is C15H17N3O2. The second-order valence-corrected chi connectivity index (χ2v) is 5.95. The quantitative estimate of drug-likeness (QED) is 0.793. The molecule has 3 aliphatic rings. The zero-order chi connectivity index (χ0) is 13.9. The lowest BCUT2D eigenvalue weighted by Crippen LogP contribution is -2.53. The molecule has 0 aliphatic carbocycles. The van der Waals surface area contributed by atoms with Crippen LogP contribution in [0.4, 0.5) is 5.69 Å². The maximum atomic E-state index is 12.8. The van der Waals surface area contributed by atoms with Gasteiger partial charge in [-0.15, -0.1) is 0 Å². The van der Waals surface area contributed by atoms with Gasteiger partial charge in [0, 0.05) is 17.3 Å². The van der Waals surface area contributed by atoms with E-state index in [2.05, 4.69) is 10.2 Å². The first kappa shape index (κ1) is 11.9. The molecular weight excluding hydrogens is 254 g/mol. The molecule has 3 aliphatic heterocycles. The van der Waals surface area contributed by atoms with Crippen molar-refractivity contribution < 1.29 is 9.59 Å². The Hall–Kier alpha value is -1.88. The van der Waals surface area contributed by atoms with Gasteiger partial charge in [-0.3, -0.25) is 14.5 Å². The number of nitrogens with one attached hydrogen (secondary N) is 1. The van der Waals surface area contributed by atoms with Crippen molar-refractivity contribution in [2.75, 3.05) is 11.9 Å². The highest BCUT2D eigenvalue weighted by molar-refractivity contribution is 6.09. The minimum atomic E-state index is -0.871. The molecule has 2 saturated heterocycles. The number of carbonyl (C=O) groups is 2. The molecule has 2 fully saturated rings. The van der Waals surface area contributed by atoms with E-state index < -0.39 is 11.5 Å². The molecule has 4 rings (SSSR count). The summed E-state index contributed by atoms with van der Waals surface area (Å²) in [6.45, 7) is 0.857. The fraction of sp³-hybridized carbons (Fsp3) is 0.467. The van der Waals surface area contributed by atoms with Gasteiger partial charge in [-0.25, -0.2) is 0 Å². The number of carbonyl (C=O) groups excluding carboxylic acids is 2. The van der Waals surface area contributed by atoms with Crippen molar-refractivity contribution in [3.8, 4) is 0 Å². The Labute approximate surface area is 117 Å². The monoisotopic (exact) mass is 271 g/mol. The molecule has 5 nitrogen and oxygen atoms in total. The third-order valence-corrected chi connectivity index (χ3v) is 5.12. The molecule has 1 aromatic carbocycles. The summed E-state index contributed by atoms with van der Waals surface area (Å²) in [7, 11) is 0. The van der Waals surface area contributed by atoms with E-state index >= 15 is 0 Å². The molecule has 0 radical (unpaired) electrons. The van der Waals surface area contributed by atoms with Gasteiger partial charge >= 0.3 is 0 Å². The van der Waals surface area contributed by atoms with E-state index in [1.165, 1.54) is 0 Å². The number of fused-ring (bicyclic) bond motifs is 4. The molecule has 3 N–H and O–H groups in total. The molecule has 104 valence electrons. The van der Waals surface area contributed by atoms with E-state index in [1.54, 1.807) is 0 Å². The van der Waals surface area contributed by atoms with Crippen LogP contribution in [0.2, 0.25) is 0 Å². The van der Waals surface area contributed by atoms with Gasteiger partial charge in [0.25, 0.3) is 0 Å². The first-order valence-electron chi connectivity index (χ1n) is 7.12. The molecule has 0 bridgehead atoms. The second-order valence-electron chi connectivity index (χ2n) is 5.95. The highest BCUT2D eigenvalue weighted by Gasteiger charge is 2.64. The van der Waals surface area contributed by atoms with E-state index in [-0.39, 0.29) is 11.8 Å². The standard InChI is InChI=1S/C15H17N3O2/c16-13(19)11-8-9-4-3-7-18(9)15(11)10-5-1-2-6-12(10)17-14(15)20/h1-2,5-6,9,11H,3-4,7-8H2,(H2,16,19)(H,17,20). The van der Waals surface area contributed by atoms with Crippen LogP contribution in [0.3, 0.4) is 0 Å². The van der Waals surface area contributed by atoms with Gasteiger partial charge in [-0.1, -0.05) is 18.2 Å². The Morgan fingerprint density at radius 3 is 3.00 bits per heavy atom. The summed E-state index contributed by atoms with van der Waals surface area (Å²) in [4.78, 5) is 26.9. The smallest absolute Gasteiger partial charge is 0.250 e. The summed E-state index contributed by atoms with van der Waals surface area (Å²) in [5.74, 6) is -0.894. The van der Waals surface area contributed by atoms with Gasteiger partial charge in [0.1, 0.15) is 5.54 Å². The van der Waals surface area contributed by atoms with E-state index in [4.69, 9.17) is 5.73 Å². The van der Waals surface area contributed by atoms with Gasteiger partial charge in [-0.2, -0.15) is 0 Å². The highest BCUT2D eigenvalue weighted by Crippen LogP contribution is 2.54. The number of primary amides is 1. The fourth-order valence-electron chi connectivity index (χ4n) is 4.41. The first-order valence-corrected chi connectivity index (χ1v) is 7.12. The molecule has 1 aromatic rings. The van der Waals surface area contributed by atoms with Crippen molar-refractivity contribution in [3.63, 3.8) is 0 Å². The molecule has 1 spiro atoms. The summed E-state index contributed by atoms with van der Waals surface area (Å²) in [5.41, 5.74) is 6.49. The van der Waals surface area contributed by atoms with Crippen LogP contribution in [0.15, 0.2) is 24.3 Å². The summed E-state index contributed by atoms with van der Waals surface area (Å²) >= 11 is 0. The van der Waals surface area contributed by atoms with Crippen LogP contribution in [0.25, 0.3) is 0 Å². The fourth-order valence-corrected chi connectivity index (χ4v) is 4.41. The largest absolute Gasteiger partial charge is 0.369 e. The number of hydrogen-bond acceptors (Lipinski definition) is 3. The van der Waals surface area contributed by atoms with Gasteiger partial charge in [-0.05, 0) is 31.9 Å². The van der Waals surface area contributed by atoms with Crippen LogP contribution in [0.5, 0.6) is 0 Å². The molecule has 5 heteroatoms. The van der Waals surface area contributed by atoms with Crippen molar-refractivity contribution in [2.24, 2.45) is 11.7 Å². The van der Waals surface area contributed by atoms with Gasteiger partial charge in [0.2, 0.25) is 11.8 Å². The molecule has 20 heavy (non-hydrogen) atoms. The van der Waals surface area contributed by atoms with Crippen molar-refractivity contribution in [2.45, 2.75) is 30.8 Å². The summed E-state index contributed by atoms with van der Waals surface area (Å²) in [5, 5.41) is 2.94. The average Bonchev–Trinajstić information content (AvgIpc) is 3.05. The van der Waals surface area contributed by atoms with Crippen LogP contribution in [0, 0.1) is 5.92 Å². The lowest BCUT2D eigenvalue weighted by Gasteiger charge is -2.35. The zero-order valence-electron chi connectivity index (χ0n) is 11.1. The van der Waals surface area contributed by atoms with E-state index in [0.717, 1.165) is 30.6 Å². The maximum Gasteiger partial charge on any atom is 0.250 e. The van der Waals surface area contributed by atoms with E-state index in [9.17, 15) is 9.59 Å². The van der Waals surface area contributed by atoms with Gasteiger partial charge < -0.3 is 11.1 Å². The lowest BCUT2D eigenvalue weighted by molar-refractivity contribution is -0.135. The molecule has 3 unspecified atom stereocenters. The average molecular weight is 271 g/mol. The Morgan fingerprint density at radius 2 is 2.20 bits per heavy atom. The first-order chi connectivity index (χ1) is 9.65. The Kier molecular flexibility index (Phi) is 2.27. The number of para-hydroxylation sites is 1. The van der Waals surface area contributed by atoms with Crippen molar-refractivity contribution >= 4 is 17.5 Å². The van der Waals surface area contributed by atoms with Crippen molar-refractivity contribution in [1.29, 1.82) is 0 Å². The van der Waals surface area contributed by atoms with Crippen LogP contribution < -0.4 is 11.1 Å². The lowest BCUT2D eigenvalue weighted by atomic mass is 9.78. The Balaban J connectivity index is 1.96. The minimum absolute atomic E-state index is 0.0908. The highest BCUT2D eigenvalue weighted by atomic mass is 16.2. The third-order valence-electron chi connectivity index (χ3n) is 5.12. The van der Waals surface area contributed by atoms with Gasteiger partial charge in [0.05, 0.1) is 5.92 Å². The normalized spacial score (nSPS) is 35.1. The van der Waals surface area contributed by atoms with E-state index in [1.807, 2.05) is 24.3 Å². The summed E-state index contributed by atoms with van der Waals surface area (Å²) in [6, 6.07) is 7.95. The molecule has 0 saturated carbocycles. The van der Waals surface area contributed by atoms with Crippen molar-refractivity contribution in [3.05, 3.63) is 29.8 Å². The van der Waals surface area contributed by atoms with Crippen molar-refractivity contribution in [1.82, 2.24) is 4.90 Å². The SMILES string of the molecule is NC(=O)C1CC2CCCN2C12C(=O)Nc1ccccc12. The number of benzene rings is 1. The van der Waals surface area contributed by atoms with Gasteiger partial charge in [0.15, 0.2) is 0 Å². The van der Waals surface area contributed by atoms with E-state index in [0.29, 0.717) is 12.5 Å². The Morgan fingerprint density at radius 1 is 1.40 bits per heavy atom. The van der Waals surface area contributed by atoms with Crippen LogP contribution in [0.1, 0.15) is 24.8 Å². The third kappa shape index (κ3) is 1.21. The van der Waals surface area contributed by atoms with Crippen LogP contribution in [-0.4, -0.2) is 29.3 Å².